The smallest absolute Gasteiger partial charge is 0.240 e. The molecule has 0 bridgehead atoms. The molecule has 2 atom stereocenters. The van der Waals surface area contributed by atoms with Crippen molar-refractivity contribution in [2.75, 3.05) is 13.1 Å². The molecule has 104 valence electrons. The molecule has 0 aromatic carbocycles. The lowest BCUT2D eigenvalue weighted by molar-refractivity contribution is -0.132. The van der Waals surface area contributed by atoms with Gasteiger partial charge in [0, 0.05) is 13.1 Å². The Bertz CT molecular complexity index is 410. The molecule has 0 aliphatic carbocycles. The van der Waals surface area contributed by atoms with Crippen molar-refractivity contribution in [2.45, 2.75) is 45.4 Å². The number of nitriles is 1. The monoisotopic (exact) mass is 275 g/mol. The lowest BCUT2D eigenvalue weighted by Gasteiger charge is -2.23. The summed E-state index contributed by atoms with van der Waals surface area (Å²) >= 11 is 0. The van der Waals surface area contributed by atoms with Gasteiger partial charge in [-0.15, -0.1) is 0 Å². The lowest BCUT2D eigenvalue weighted by Crippen LogP contribution is -2.48. The van der Waals surface area contributed by atoms with Crippen molar-refractivity contribution in [1.29, 1.82) is 5.26 Å². The molecular formula is C11H21N3O3S. The minimum atomic E-state index is -3.78. The summed E-state index contributed by atoms with van der Waals surface area (Å²) in [6, 6.07) is 0.868. The van der Waals surface area contributed by atoms with E-state index >= 15 is 0 Å². The predicted octanol–water partition coefficient (Wildman–Crippen LogP) is 0.465. The zero-order valence-electron chi connectivity index (χ0n) is 11.3. The Labute approximate surface area is 109 Å². The number of carbonyl (C=O) groups is 1. The number of amides is 1. The first-order valence-electron chi connectivity index (χ1n) is 6.03. The van der Waals surface area contributed by atoms with E-state index in [1.165, 1.54) is 6.92 Å². The Morgan fingerprint density at radius 3 is 2.17 bits per heavy atom. The molecule has 1 N–H and O–H groups in total. The van der Waals surface area contributed by atoms with E-state index < -0.39 is 21.3 Å². The molecule has 18 heavy (non-hydrogen) atoms. The molecule has 0 saturated carbocycles. The normalized spacial score (nSPS) is 14.6. The summed E-state index contributed by atoms with van der Waals surface area (Å²) in [4.78, 5) is 13.4. The Hall–Kier alpha value is -1.13. The molecule has 0 fully saturated rings. The first-order chi connectivity index (χ1) is 8.33. The number of nitrogens with zero attached hydrogens (tertiary/aromatic N) is 2. The summed E-state index contributed by atoms with van der Waals surface area (Å²) in [6.07, 6.45) is 0.192. The van der Waals surface area contributed by atoms with Crippen LogP contribution in [0.15, 0.2) is 0 Å². The number of likely N-dealkylation sites (N-methyl/N-ethyl adjacent to an activating group) is 1. The molecule has 2 unspecified atom stereocenters. The largest absolute Gasteiger partial charge is 0.342 e. The Kier molecular flexibility index (Phi) is 6.88. The molecule has 0 radical (unpaired) electrons. The van der Waals surface area contributed by atoms with E-state index in [-0.39, 0.29) is 12.3 Å². The van der Waals surface area contributed by atoms with Crippen molar-refractivity contribution in [3.05, 3.63) is 0 Å². The van der Waals surface area contributed by atoms with Crippen LogP contribution in [0.4, 0.5) is 0 Å². The summed E-state index contributed by atoms with van der Waals surface area (Å²) < 4.78 is 25.9. The Balaban J connectivity index is 4.81. The maximum absolute atomic E-state index is 11.9. The van der Waals surface area contributed by atoms with Gasteiger partial charge in [0.05, 0.1) is 12.1 Å². The van der Waals surface area contributed by atoms with Gasteiger partial charge in [-0.3, -0.25) is 4.79 Å². The minimum absolute atomic E-state index is 0.192. The van der Waals surface area contributed by atoms with Crippen LogP contribution in [0.25, 0.3) is 0 Å². The molecule has 0 saturated heterocycles. The zero-order chi connectivity index (χ0) is 14.3. The van der Waals surface area contributed by atoms with Gasteiger partial charge in [-0.25, -0.2) is 13.1 Å². The summed E-state index contributed by atoms with van der Waals surface area (Å²) in [5, 5.41) is 7.63. The molecular weight excluding hydrogens is 254 g/mol. The van der Waals surface area contributed by atoms with Gasteiger partial charge >= 0.3 is 0 Å². The second kappa shape index (κ2) is 7.34. The molecule has 0 aromatic rings. The van der Waals surface area contributed by atoms with E-state index in [1.807, 2.05) is 13.8 Å². The maximum atomic E-state index is 11.9. The van der Waals surface area contributed by atoms with Crippen LogP contribution in [-0.2, 0) is 14.8 Å². The van der Waals surface area contributed by atoms with Crippen LogP contribution < -0.4 is 4.72 Å². The van der Waals surface area contributed by atoms with Crippen LogP contribution in [0.2, 0.25) is 0 Å². The summed E-state index contributed by atoms with van der Waals surface area (Å²) in [7, 11) is -3.78. The molecule has 0 heterocycles. The highest BCUT2D eigenvalue weighted by Gasteiger charge is 2.28. The van der Waals surface area contributed by atoms with Gasteiger partial charge in [-0.05, 0) is 27.2 Å². The van der Waals surface area contributed by atoms with E-state index in [9.17, 15) is 13.2 Å². The van der Waals surface area contributed by atoms with Crippen LogP contribution in [-0.4, -0.2) is 43.6 Å². The molecule has 0 aliphatic heterocycles. The lowest BCUT2D eigenvalue weighted by atomic mass is 10.3. The van der Waals surface area contributed by atoms with Gasteiger partial charge in [0.25, 0.3) is 0 Å². The first-order valence-corrected chi connectivity index (χ1v) is 7.58. The number of carbonyl (C=O) groups excluding carboxylic acids is 1. The second-order valence-electron chi connectivity index (χ2n) is 3.92. The molecule has 0 spiro atoms. The first kappa shape index (κ1) is 16.9. The fourth-order valence-electron chi connectivity index (χ4n) is 1.57. The topological polar surface area (TPSA) is 90.3 Å². The summed E-state index contributed by atoms with van der Waals surface area (Å²) in [5.74, 6) is -0.281. The quantitative estimate of drug-likeness (QED) is 0.731. The van der Waals surface area contributed by atoms with Crippen LogP contribution in [0.3, 0.4) is 0 Å². The summed E-state index contributed by atoms with van der Waals surface area (Å²) in [5.41, 5.74) is 0. The number of hydrogen-bond acceptors (Lipinski definition) is 4. The minimum Gasteiger partial charge on any atom is -0.342 e. The van der Waals surface area contributed by atoms with E-state index in [0.717, 1.165) is 0 Å². The van der Waals surface area contributed by atoms with Crippen LogP contribution in [0.1, 0.15) is 34.1 Å². The van der Waals surface area contributed by atoms with Crippen molar-refractivity contribution in [3.63, 3.8) is 0 Å². The van der Waals surface area contributed by atoms with Crippen molar-refractivity contribution < 1.29 is 13.2 Å². The van der Waals surface area contributed by atoms with Gasteiger partial charge in [0.1, 0.15) is 0 Å². The zero-order valence-corrected chi connectivity index (χ0v) is 12.1. The average molecular weight is 275 g/mol. The van der Waals surface area contributed by atoms with Crippen LogP contribution >= 0.6 is 0 Å². The molecule has 7 heteroatoms. The third kappa shape index (κ3) is 4.27. The standard InChI is InChI=1S/C11H21N3O3S/c1-5-10(8-12)18(16,17)13-9(4)11(15)14(6-2)7-3/h9-10,13H,5-7H2,1-4H3. The van der Waals surface area contributed by atoms with Gasteiger partial charge in [-0.1, -0.05) is 6.92 Å². The van der Waals surface area contributed by atoms with Gasteiger partial charge in [0.2, 0.25) is 15.9 Å². The Morgan fingerprint density at radius 1 is 1.33 bits per heavy atom. The van der Waals surface area contributed by atoms with E-state index in [0.29, 0.717) is 13.1 Å². The number of sulfonamides is 1. The fraction of sp³-hybridized carbons (Fsp3) is 0.818. The highest BCUT2D eigenvalue weighted by molar-refractivity contribution is 7.90. The van der Waals surface area contributed by atoms with Crippen LogP contribution in [0, 0.1) is 11.3 Å². The summed E-state index contributed by atoms with van der Waals surface area (Å²) in [6.45, 7) is 7.81. The van der Waals surface area contributed by atoms with Crippen molar-refractivity contribution in [3.8, 4) is 6.07 Å². The fourth-order valence-corrected chi connectivity index (χ4v) is 2.90. The highest BCUT2D eigenvalue weighted by atomic mass is 32.2. The second-order valence-corrected chi connectivity index (χ2v) is 5.82. The van der Waals surface area contributed by atoms with Gasteiger partial charge in [-0.2, -0.15) is 5.26 Å². The predicted molar refractivity (Wildman–Crippen MR) is 69.1 cm³/mol. The van der Waals surface area contributed by atoms with Crippen LogP contribution in [0.5, 0.6) is 0 Å². The number of hydrogen-bond donors (Lipinski definition) is 1. The highest BCUT2D eigenvalue weighted by Crippen LogP contribution is 2.05. The molecule has 0 rings (SSSR count). The van der Waals surface area contributed by atoms with E-state index in [2.05, 4.69) is 4.72 Å². The molecule has 0 aromatic heterocycles. The van der Waals surface area contributed by atoms with Crippen molar-refractivity contribution >= 4 is 15.9 Å². The van der Waals surface area contributed by atoms with Gasteiger partial charge < -0.3 is 4.90 Å². The van der Waals surface area contributed by atoms with Gasteiger partial charge in [0.15, 0.2) is 5.25 Å². The molecule has 6 nitrogen and oxygen atoms in total. The third-order valence-corrected chi connectivity index (χ3v) is 4.55. The molecule has 1 amide bonds. The average Bonchev–Trinajstić information content (AvgIpc) is 2.30. The Morgan fingerprint density at radius 2 is 1.83 bits per heavy atom. The maximum Gasteiger partial charge on any atom is 0.240 e. The van der Waals surface area contributed by atoms with E-state index in [1.54, 1.807) is 17.9 Å². The van der Waals surface area contributed by atoms with Crippen molar-refractivity contribution in [2.24, 2.45) is 0 Å². The number of rotatable bonds is 7. The SMILES string of the molecule is CCC(C#N)S(=O)(=O)NC(C)C(=O)N(CC)CC. The van der Waals surface area contributed by atoms with E-state index in [4.69, 9.17) is 5.26 Å². The number of nitrogens with one attached hydrogen (secondary N) is 1. The van der Waals surface area contributed by atoms with Crippen molar-refractivity contribution in [1.82, 2.24) is 9.62 Å². The molecule has 0 aliphatic rings. The third-order valence-electron chi connectivity index (χ3n) is 2.68.